The quantitative estimate of drug-likeness (QED) is 0.851. The van der Waals surface area contributed by atoms with Crippen LogP contribution in [0.15, 0.2) is 23.3 Å². The highest BCUT2D eigenvalue weighted by molar-refractivity contribution is 7.91. The molecule has 2 aliphatic rings. The summed E-state index contributed by atoms with van der Waals surface area (Å²) in [7, 11) is -3.19. The Bertz CT molecular complexity index is 872. The average molecular weight is 388 g/mol. The number of anilines is 1. The lowest BCUT2D eigenvalue weighted by Gasteiger charge is -2.27. The van der Waals surface area contributed by atoms with E-state index in [2.05, 4.69) is 10.4 Å². The summed E-state index contributed by atoms with van der Waals surface area (Å²) in [6.07, 6.45) is 0.444. The first-order valence-electron chi connectivity index (χ1n) is 7.61. The maximum Gasteiger partial charge on any atom is 0.271 e. The Balaban J connectivity index is 1.77. The second kappa shape index (κ2) is 6.72. The van der Waals surface area contributed by atoms with Crippen molar-refractivity contribution in [2.24, 2.45) is 5.10 Å². The Morgan fingerprint density at radius 3 is 2.76 bits per heavy atom. The monoisotopic (exact) mass is 387 g/mol. The summed E-state index contributed by atoms with van der Waals surface area (Å²) in [5.74, 6) is -1.82. The first kappa shape index (κ1) is 17.8. The molecule has 0 aromatic heterocycles. The van der Waals surface area contributed by atoms with Crippen molar-refractivity contribution in [2.45, 2.75) is 25.3 Å². The number of hydrogen-bond donors (Lipinski definition) is 1. The second-order valence-electron chi connectivity index (χ2n) is 5.92. The van der Waals surface area contributed by atoms with Crippen LogP contribution in [0.5, 0.6) is 0 Å². The lowest BCUT2D eigenvalue weighted by Crippen LogP contribution is -2.42. The summed E-state index contributed by atoms with van der Waals surface area (Å²) in [6, 6.07) is 3.26. The number of amides is 2. The maximum atomic E-state index is 13.8. The Labute approximate surface area is 148 Å². The number of carbonyl (C=O) groups is 2. The van der Waals surface area contributed by atoms with Crippen LogP contribution in [-0.4, -0.2) is 48.5 Å². The average Bonchev–Trinajstić information content (AvgIpc) is 2.90. The fourth-order valence-electron chi connectivity index (χ4n) is 2.77. The van der Waals surface area contributed by atoms with E-state index in [1.54, 1.807) is 0 Å². The molecule has 1 fully saturated rings. The molecule has 25 heavy (non-hydrogen) atoms. The highest BCUT2D eigenvalue weighted by Gasteiger charge is 2.37. The van der Waals surface area contributed by atoms with Crippen LogP contribution in [0.25, 0.3) is 0 Å². The van der Waals surface area contributed by atoms with E-state index >= 15 is 0 Å². The van der Waals surface area contributed by atoms with Gasteiger partial charge in [-0.25, -0.2) is 17.8 Å². The minimum Gasteiger partial charge on any atom is -0.318 e. The topological polar surface area (TPSA) is 95.9 Å². The molecule has 2 heterocycles. The van der Waals surface area contributed by atoms with Crippen molar-refractivity contribution in [1.29, 1.82) is 0 Å². The molecule has 2 amide bonds. The van der Waals surface area contributed by atoms with Crippen molar-refractivity contribution in [1.82, 2.24) is 5.01 Å². The lowest BCUT2D eigenvalue weighted by molar-refractivity contribution is -0.133. The number of halogens is 2. The predicted octanol–water partition coefficient (Wildman–Crippen LogP) is 1.58. The molecule has 1 aromatic rings. The number of sulfone groups is 1. The van der Waals surface area contributed by atoms with Gasteiger partial charge in [-0.05, 0) is 24.6 Å². The van der Waals surface area contributed by atoms with Crippen molar-refractivity contribution in [3.63, 3.8) is 0 Å². The number of carbonyl (C=O) groups excluding carboxylic acids is 2. The van der Waals surface area contributed by atoms with Crippen molar-refractivity contribution < 1.29 is 22.4 Å². The van der Waals surface area contributed by atoms with E-state index in [1.807, 2.05) is 0 Å². The van der Waals surface area contributed by atoms with Crippen molar-refractivity contribution in [3.8, 4) is 0 Å². The molecule has 0 radical (unpaired) electrons. The molecule has 1 saturated heterocycles. The molecule has 0 spiro atoms. The standard InChI is InChI=1S/C15H15ClFN3O4S/c16-9-1-2-12(11(17)7-9)18-15(22)13-3-4-14(21)20(19-13)10-5-6-25(23,24)8-10/h1-2,7,10H,3-6,8H2,(H,18,22)/t10-/m0/s1. The van der Waals surface area contributed by atoms with Gasteiger partial charge in [0, 0.05) is 17.9 Å². The fourth-order valence-corrected chi connectivity index (χ4v) is 4.62. The second-order valence-corrected chi connectivity index (χ2v) is 8.59. The summed E-state index contributed by atoms with van der Waals surface area (Å²) in [5, 5.41) is 7.70. The molecule has 0 unspecified atom stereocenters. The minimum atomic E-state index is -3.19. The number of hydrogen-bond acceptors (Lipinski definition) is 5. The van der Waals surface area contributed by atoms with E-state index < -0.39 is 27.6 Å². The Morgan fingerprint density at radius 1 is 1.36 bits per heavy atom. The van der Waals surface area contributed by atoms with Gasteiger partial charge in [-0.15, -0.1) is 0 Å². The van der Waals surface area contributed by atoms with Gasteiger partial charge in [-0.3, -0.25) is 9.59 Å². The Morgan fingerprint density at radius 2 is 2.12 bits per heavy atom. The zero-order valence-corrected chi connectivity index (χ0v) is 14.6. The zero-order valence-electron chi connectivity index (χ0n) is 13.0. The van der Waals surface area contributed by atoms with E-state index in [-0.39, 0.29) is 53.1 Å². The van der Waals surface area contributed by atoms with Crippen LogP contribution in [0.1, 0.15) is 19.3 Å². The first-order chi connectivity index (χ1) is 11.7. The van der Waals surface area contributed by atoms with E-state index in [0.29, 0.717) is 0 Å². The van der Waals surface area contributed by atoms with E-state index in [9.17, 15) is 22.4 Å². The van der Waals surface area contributed by atoms with Gasteiger partial charge in [0.05, 0.1) is 23.2 Å². The smallest absolute Gasteiger partial charge is 0.271 e. The van der Waals surface area contributed by atoms with Crippen LogP contribution >= 0.6 is 11.6 Å². The summed E-state index contributed by atoms with van der Waals surface area (Å²) in [4.78, 5) is 24.3. The Hall–Kier alpha value is -2.00. The van der Waals surface area contributed by atoms with Crippen LogP contribution in [-0.2, 0) is 19.4 Å². The third-order valence-electron chi connectivity index (χ3n) is 4.06. The number of rotatable bonds is 3. The number of nitrogens with zero attached hydrogens (tertiary/aromatic N) is 2. The third kappa shape index (κ3) is 3.98. The fraction of sp³-hybridized carbons (Fsp3) is 0.400. The minimum absolute atomic E-state index is 0.00547. The molecule has 1 aromatic carbocycles. The van der Waals surface area contributed by atoms with Gasteiger partial charge in [-0.2, -0.15) is 5.10 Å². The number of benzene rings is 1. The van der Waals surface area contributed by atoms with Crippen LogP contribution in [0.4, 0.5) is 10.1 Å². The van der Waals surface area contributed by atoms with Crippen LogP contribution in [0.3, 0.4) is 0 Å². The van der Waals surface area contributed by atoms with Gasteiger partial charge >= 0.3 is 0 Å². The summed E-state index contributed by atoms with van der Waals surface area (Å²) < 4.78 is 37.0. The number of nitrogens with one attached hydrogen (secondary N) is 1. The summed E-state index contributed by atoms with van der Waals surface area (Å²) in [5.41, 5.74) is 0.00208. The third-order valence-corrected chi connectivity index (χ3v) is 6.04. The van der Waals surface area contributed by atoms with Crippen molar-refractivity contribution in [3.05, 3.63) is 29.0 Å². The molecular formula is C15H15ClFN3O4S. The van der Waals surface area contributed by atoms with Gasteiger partial charge < -0.3 is 5.32 Å². The Kier molecular flexibility index (Phi) is 4.79. The van der Waals surface area contributed by atoms with E-state index in [1.165, 1.54) is 12.1 Å². The molecule has 1 atom stereocenters. The molecule has 2 aliphatic heterocycles. The molecule has 10 heteroatoms. The van der Waals surface area contributed by atoms with Crippen LogP contribution in [0, 0.1) is 5.82 Å². The van der Waals surface area contributed by atoms with Gasteiger partial charge in [0.15, 0.2) is 9.84 Å². The van der Waals surface area contributed by atoms with E-state index in [0.717, 1.165) is 11.1 Å². The highest BCUT2D eigenvalue weighted by atomic mass is 35.5. The van der Waals surface area contributed by atoms with Crippen molar-refractivity contribution in [2.75, 3.05) is 16.8 Å². The number of hydrazone groups is 1. The highest BCUT2D eigenvalue weighted by Crippen LogP contribution is 2.23. The van der Waals surface area contributed by atoms with Gasteiger partial charge in [-0.1, -0.05) is 11.6 Å². The van der Waals surface area contributed by atoms with E-state index in [4.69, 9.17) is 11.6 Å². The summed E-state index contributed by atoms with van der Waals surface area (Å²) in [6.45, 7) is 0. The molecule has 0 aliphatic carbocycles. The molecule has 7 nitrogen and oxygen atoms in total. The normalized spacial score (nSPS) is 22.6. The SMILES string of the molecule is O=C(Nc1ccc(Cl)cc1F)C1=NN([C@H]2CCS(=O)(=O)C2)C(=O)CC1. The summed E-state index contributed by atoms with van der Waals surface area (Å²) >= 11 is 5.66. The van der Waals surface area contributed by atoms with Crippen LogP contribution in [0.2, 0.25) is 5.02 Å². The predicted molar refractivity (Wildman–Crippen MR) is 90.6 cm³/mol. The molecule has 0 saturated carbocycles. The van der Waals surface area contributed by atoms with Crippen LogP contribution < -0.4 is 5.32 Å². The molecule has 3 rings (SSSR count). The lowest BCUT2D eigenvalue weighted by atomic mass is 10.1. The first-order valence-corrected chi connectivity index (χ1v) is 9.81. The van der Waals surface area contributed by atoms with Gasteiger partial charge in [0.2, 0.25) is 5.91 Å². The molecule has 134 valence electrons. The largest absolute Gasteiger partial charge is 0.318 e. The zero-order chi connectivity index (χ0) is 18.2. The molecule has 0 bridgehead atoms. The molecular weight excluding hydrogens is 373 g/mol. The van der Waals surface area contributed by atoms with Crippen molar-refractivity contribution >= 4 is 44.7 Å². The van der Waals surface area contributed by atoms with Gasteiger partial charge in [0.1, 0.15) is 11.5 Å². The maximum absolute atomic E-state index is 13.8. The molecule has 1 N–H and O–H groups in total. The van der Waals surface area contributed by atoms with Gasteiger partial charge in [0.25, 0.3) is 5.91 Å².